The van der Waals surface area contributed by atoms with Crippen molar-refractivity contribution in [3.8, 4) is 5.95 Å². The molecule has 1 aromatic carbocycles. The number of aromatic nitrogens is 4. The molecule has 0 saturated carbocycles. The number of hydrogen-bond acceptors (Lipinski definition) is 4. The van der Waals surface area contributed by atoms with Crippen molar-refractivity contribution >= 4 is 20.4 Å². The van der Waals surface area contributed by atoms with Crippen LogP contribution in [0, 0.1) is 0 Å². The normalized spacial score (nSPS) is 14.3. The summed E-state index contributed by atoms with van der Waals surface area (Å²) in [6.45, 7) is 9.76. The number of benzene rings is 1. The molecule has 0 saturated heterocycles. The topological polar surface area (TPSA) is 56.9 Å². The molecule has 136 valence electrons. The van der Waals surface area contributed by atoms with Crippen LogP contribution in [0.1, 0.15) is 32.2 Å². The number of hydrogen-bond donors (Lipinski definition) is 1. The Morgan fingerprint density at radius 2 is 2.08 bits per heavy atom. The molecule has 0 atom stereocenters. The van der Waals surface area contributed by atoms with E-state index >= 15 is 0 Å². The third kappa shape index (κ3) is 3.47. The van der Waals surface area contributed by atoms with E-state index in [0.717, 1.165) is 57.8 Å². The molecule has 1 aliphatic rings. The Balaban J connectivity index is 1.56. The van der Waals surface area contributed by atoms with Gasteiger partial charge in [0.1, 0.15) is 6.73 Å². The van der Waals surface area contributed by atoms with Gasteiger partial charge in [-0.3, -0.25) is 4.57 Å². The first kappa shape index (κ1) is 17.5. The second-order valence-corrected chi connectivity index (χ2v) is 10.0. The maximum absolute atomic E-state index is 6.01. The second-order valence-electron chi connectivity index (χ2n) is 7.67. The second kappa shape index (κ2) is 6.98. The van der Waals surface area contributed by atoms with E-state index in [1.807, 2.05) is 23.0 Å². The Bertz CT molecular complexity index is 908. The monoisotopic (exact) mass is 367 g/mol. The Morgan fingerprint density at radius 1 is 1.23 bits per heavy atom. The van der Waals surface area contributed by atoms with Crippen LogP contribution in [0.3, 0.4) is 0 Å². The summed E-state index contributed by atoms with van der Waals surface area (Å²) >= 11 is 0. The van der Waals surface area contributed by atoms with Crippen LogP contribution in [-0.2, 0) is 24.6 Å². The zero-order chi connectivity index (χ0) is 18.1. The van der Waals surface area contributed by atoms with Crippen LogP contribution >= 0.6 is 0 Å². The number of fused-ring (bicyclic) bond motifs is 2. The molecule has 1 aliphatic heterocycles. The molecule has 1 N–H and O–H groups in total. The lowest BCUT2D eigenvalue weighted by molar-refractivity contribution is 0.0853. The summed E-state index contributed by atoms with van der Waals surface area (Å²) in [5.74, 6) is 0.843. The molecule has 3 aromatic rings. The molecule has 0 spiro atoms. The van der Waals surface area contributed by atoms with Crippen molar-refractivity contribution in [2.75, 3.05) is 6.61 Å². The fourth-order valence-corrected chi connectivity index (χ4v) is 4.24. The highest BCUT2D eigenvalue weighted by molar-refractivity contribution is 6.39. The molecule has 0 unspecified atom stereocenters. The van der Waals surface area contributed by atoms with Crippen LogP contribution in [0.25, 0.3) is 16.9 Å². The van der Waals surface area contributed by atoms with E-state index < -0.39 is 0 Å². The Kier molecular flexibility index (Phi) is 4.68. The maximum atomic E-state index is 6.01. The smallest absolute Gasteiger partial charge is 0.233 e. The van der Waals surface area contributed by atoms with Crippen LogP contribution < -0.4 is 5.32 Å². The SMILES string of the molecule is CC(C)(C)[Si]CCOCn1c(-n2ncc3ccccc32)nc2c1CNC2. The van der Waals surface area contributed by atoms with Gasteiger partial charge in [-0.05, 0) is 17.1 Å². The fourth-order valence-electron chi connectivity index (χ4n) is 3.24. The van der Waals surface area contributed by atoms with Crippen LogP contribution in [0.4, 0.5) is 0 Å². The first-order chi connectivity index (χ1) is 12.5. The molecular weight excluding hydrogens is 342 g/mol. The molecule has 0 aliphatic carbocycles. The molecular formula is C19H25N5OSi. The maximum Gasteiger partial charge on any atom is 0.233 e. The summed E-state index contributed by atoms with van der Waals surface area (Å²) in [5.41, 5.74) is 3.37. The Hall–Kier alpha value is -1.96. The van der Waals surface area contributed by atoms with E-state index in [0.29, 0.717) is 11.8 Å². The van der Waals surface area contributed by atoms with Crippen molar-refractivity contribution in [2.24, 2.45) is 0 Å². The summed E-state index contributed by atoms with van der Waals surface area (Å²) < 4.78 is 10.1. The van der Waals surface area contributed by atoms with E-state index in [4.69, 9.17) is 9.72 Å². The van der Waals surface area contributed by atoms with Crippen molar-refractivity contribution in [3.05, 3.63) is 41.9 Å². The highest BCUT2D eigenvalue weighted by Crippen LogP contribution is 2.24. The van der Waals surface area contributed by atoms with Crippen molar-refractivity contribution < 1.29 is 4.74 Å². The Morgan fingerprint density at radius 3 is 2.92 bits per heavy atom. The van der Waals surface area contributed by atoms with E-state index in [2.05, 4.69) is 47.9 Å². The molecule has 4 rings (SSSR count). The summed E-state index contributed by atoms with van der Waals surface area (Å²) in [6.07, 6.45) is 1.89. The van der Waals surface area contributed by atoms with Gasteiger partial charge >= 0.3 is 0 Å². The zero-order valence-electron chi connectivity index (χ0n) is 15.6. The number of rotatable bonds is 6. The van der Waals surface area contributed by atoms with Gasteiger partial charge in [-0.15, -0.1) is 0 Å². The Labute approximate surface area is 156 Å². The van der Waals surface area contributed by atoms with E-state index in [9.17, 15) is 0 Å². The summed E-state index contributed by atoms with van der Waals surface area (Å²) in [6, 6.07) is 9.32. The molecule has 0 bridgehead atoms. The number of para-hydroxylation sites is 1. The van der Waals surface area contributed by atoms with Gasteiger partial charge in [-0.25, -0.2) is 4.98 Å². The minimum absolute atomic E-state index is 0.378. The minimum atomic E-state index is 0.378. The van der Waals surface area contributed by atoms with Crippen LogP contribution in [0.5, 0.6) is 0 Å². The van der Waals surface area contributed by atoms with Gasteiger partial charge in [0.25, 0.3) is 0 Å². The van der Waals surface area contributed by atoms with Gasteiger partial charge in [-0.2, -0.15) is 9.78 Å². The minimum Gasteiger partial charge on any atom is -0.361 e. The van der Waals surface area contributed by atoms with Gasteiger partial charge in [0.2, 0.25) is 5.95 Å². The number of ether oxygens (including phenoxy) is 1. The van der Waals surface area contributed by atoms with Crippen LogP contribution in [-0.4, -0.2) is 35.5 Å². The lowest BCUT2D eigenvalue weighted by atomic mass is 10.3. The van der Waals surface area contributed by atoms with E-state index in [1.165, 1.54) is 5.69 Å². The van der Waals surface area contributed by atoms with Crippen molar-refractivity contribution in [2.45, 2.75) is 51.7 Å². The van der Waals surface area contributed by atoms with E-state index in [-0.39, 0.29) is 0 Å². The van der Waals surface area contributed by atoms with Crippen LogP contribution in [0.2, 0.25) is 11.1 Å². The highest BCUT2D eigenvalue weighted by atomic mass is 28.2. The van der Waals surface area contributed by atoms with Crippen molar-refractivity contribution in [1.29, 1.82) is 0 Å². The lowest BCUT2D eigenvalue weighted by Gasteiger charge is -2.17. The molecule has 2 radical (unpaired) electrons. The van der Waals surface area contributed by atoms with Crippen molar-refractivity contribution in [1.82, 2.24) is 24.6 Å². The molecule has 0 amide bonds. The fraction of sp³-hybridized carbons (Fsp3) is 0.474. The summed E-state index contributed by atoms with van der Waals surface area (Å²) in [4.78, 5) is 4.84. The summed E-state index contributed by atoms with van der Waals surface area (Å²) in [7, 11) is 0.907. The van der Waals surface area contributed by atoms with Gasteiger partial charge in [0.15, 0.2) is 0 Å². The third-order valence-electron chi connectivity index (χ3n) is 4.51. The van der Waals surface area contributed by atoms with Crippen LogP contribution in [0.15, 0.2) is 30.5 Å². The van der Waals surface area contributed by atoms with Gasteiger partial charge in [0, 0.05) is 34.6 Å². The average molecular weight is 368 g/mol. The predicted octanol–water partition coefficient (Wildman–Crippen LogP) is 3.14. The highest BCUT2D eigenvalue weighted by Gasteiger charge is 2.23. The standard InChI is InChI=1S/C19H25N5OSi/c1-19(2,3)26-9-8-25-13-23-17-12-20-11-15(17)22-18(23)24-16-7-5-4-6-14(16)10-21-24/h4-7,10,20H,8-9,11-13H2,1-3H3. The molecule has 6 nitrogen and oxygen atoms in total. The number of nitrogens with one attached hydrogen (secondary N) is 1. The zero-order valence-corrected chi connectivity index (χ0v) is 16.6. The molecule has 7 heteroatoms. The number of imidazole rings is 1. The lowest BCUT2D eigenvalue weighted by Crippen LogP contribution is -2.16. The first-order valence-electron chi connectivity index (χ1n) is 9.08. The summed E-state index contributed by atoms with van der Waals surface area (Å²) in [5, 5.41) is 9.44. The first-order valence-corrected chi connectivity index (χ1v) is 10.3. The van der Waals surface area contributed by atoms with E-state index in [1.54, 1.807) is 0 Å². The van der Waals surface area contributed by atoms with Crippen molar-refractivity contribution in [3.63, 3.8) is 0 Å². The largest absolute Gasteiger partial charge is 0.361 e. The van der Waals surface area contributed by atoms with Gasteiger partial charge in [0.05, 0.1) is 23.1 Å². The average Bonchev–Trinajstić information content (AvgIpc) is 3.27. The predicted molar refractivity (Wildman–Crippen MR) is 104 cm³/mol. The molecule has 26 heavy (non-hydrogen) atoms. The van der Waals surface area contributed by atoms with Gasteiger partial charge in [-0.1, -0.05) is 39.0 Å². The molecule has 0 fully saturated rings. The number of nitrogens with zero attached hydrogens (tertiary/aromatic N) is 4. The molecule has 3 heterocycles. The molecule has 2 aromatic heterocycles. The van der Waals surface area contributed by atoms with Gasteiger partial charge < -0.3 is 10.1 Å². The third-order valence-corrected chi connectivity index (χ3v) is 6.02. The quantitative estimate of drug-likeness (QED) is 0.537.